The molecule has 0 radical (unpaired) electrons. The minimum Gasteiger partial charge on any atom is -0.497 e. The smallest absolute Gasteiger partial charge is 0.234 e. The number of imidazole rings is 1. The number of ether oxygens (including phenoxy) is 2. The molecule has 4 rings (SSSR count). The molecule has 1 aromatic heterocycles. The number of morpholine rings is 1. The van der Waals surface area contributed by atoms with Crippen LogP contribution < -0.4 is 15.0 Å². The summed E-state index contributed by atoms with van der Waals surface area (Å²) in [6.07, 6.45) is 4.02. The monoisotopic (exact) mass is 452 g/mol. The van der Waals surface area contributed by atoms with E-state index < -0.39 is 0 Å². The second-order valence-electron chi connectivity index (χ2n) is 7.83. The minimum absolute atomic E-state index is 0.0726. The van der Waals surface area contributed by atoms with Gasteiger partial charge in [0, 0.05) is 42.9 Å². The number of aromatic nitrogens is 2. The molecule has 1 amide bonds. The van der Waals surface area contributed by atoms with Crippen LogP contribution in [0.15, 0.2) is 66.1 Å². The zero-order chi connectivity index (χ0) is 22.5. The SMILES string of the molecule is COc1cccc(-n2ccnc2SCC(=O)Nc2ccc(N3CC(C)OC(C)C3)cc2)c1. The Kier molecular flexibility index (Phi) is 7.02. The number of nitrogens with zero attached hydrogens (tertiary/aromatic N) is 3. The molecule has 0 spiro atoms. The van der Waals surface area contributed by atoms with E-state index in [1.807, 2.05) is 59.3 Å². The van der Waals surface area contributed by atoms with E-state index in [2.05, 4.69) is 29.0 Å². The molecule has 1 saturated heterocycles. The Morgan fingerprint density at radius 3 is 2.62 bits per heavy atom. The summed E-state index contributed by atoms with van der Waals surface area (Å²) < 4.78 is 13.1. The summed E-state index contributed by atoms with van der Waals surface area (Å²) in [6.45, 7) is 5.92. The van der Waals surface area contributed by atoms with Gasteiger partial charge in [-0.1, -0.05) is 17.8 Å². The van der Waals surface area contributed by atoms with Gasteiger partial charge in [-0.25, -0.2) is 4.98 Å². The molecule has 1 aliphatic rings. The number of amides is 1. The average Bonchev–Trinajstić information content (AvgIpc) is 3.26. The van der Waals surface area contributed by atoms with Gasteiger partial charge in [0.15, 0.2) is 5.16 Å². The molecular formula is C24H28N4O3S. The van der Waals surface area contributed by atoms with Crippen LogP contribution in [0.2, 0.25) is 0 Å². The summed E-state index contributed by atoms with van der Waals surface area (Å²) in [6, 6.07) is 15.7. The first-order valence-electron chi connectivity index (χ1n) is 10.6. The van der Waals surface area contributed by atoms with Crippen LogP contribution in [0.4, 0.5) is 11.4 Å². The number of thioether (sulfide) groups is 1. The lowest BCUT2D eigenvalue weighted by atomic mass is 10.2. The third kappa shape index (κ3) is 5.44. The Hall–Kier alpha value is -2.97. The zero-order valence-electron chi connectivity index (χ0n) is 18.5. The van der Waals surface area contributed by atoms with Gasteiger partial charge in [0.1, 0.15) is 5.75 Å². The lowest BCUT2D eigenvalue weighted by Gasteiger charge is -2.36. The normalized spacial score (nSPS) is 18.4. The summed E-state index contributed by atoms with van der Waals surface area (Å²) in [5.74, 6) is 0.965. The highest BCUT2D eigenvalue weighted by Gasteiger charge is 2.22. The van der Waals surface area contributed by atoms with E-state index >= 15 is 0 Å². The van der Waals surface area contributed by atoms with Crippen LogP contribution in [0.1, 0.15) is 13.8 Å². The third-order valence-corrected chi connectivity index (χ3v) is 6.17. The standard InChI is InChI=1S/C24H28N4O3S/c1-17-14-27(15-18(2)31-17)20-9-7-19(8-10-20)26-23(29)16-32-24-25-11-12-28(24)21-5-4-6-22(13-21)30-3/h4-13,17-18H,14-16H2,1-3H3,(H,26,29). The summed E-state index contributed by atoms with van der Waals surface area (Å²) in [5.41, 5.74) is 2.86. The van der Waals surface area contributed by atoms with Gasteiger partial charge >= 0.3 is 0 Å². The largest absolute Gasteiger partial charge is 0.497 e. The van der Waals surface area contributed by atoms with Crippen molar-refractivity contribution < 1.29 is 14.3 Å². The van der Waals surface area contributed by atoms with Gasteiger partial charge in [-0.3, -0.25) is 9.36 Å². The lowest BCUT2D eigenvalue weighted by molar-refractivity contribution is -0.113. The maximum atomic E-state index is 12.5. The number of nitrogens with one attached hydrogen (secondary N) is 1. The highest BCUT2D eigenvalue weighted by molar-refractivity contribution is 7.99. The predicted octanol–water partition coefficient (Wildman–Crippen LogP) is 4.23. The Morgan fingerprint density at radius 2 is 1.91 bits per heavy atom. The van der Waals surface area contributed by atoms with Crippen molar-refractivity contribution in [2.45, 2.75) is 31.2 Å². The number of carbonyl (C=O) groups is 1. The van der Waals surface area contributed by atoms with Crippen LogP contribution in [0.25, 0.3) is 5.69 Å². The molecule has 1 fully saturated rings. The molecule has 2 unspecified atom stereocenters. The second-order valence-corrected chi connectivity index (χ2v) is 8.77. The molecule has 0 bridgehead atoms. The first-order chi connectivity index (χ1) is 15.5. The average molecular weight is 453 g/mol. The fourth-order valence-electron chi connectivity index (χ4n) is 3.82. The Balaban J connectivity index is 1.33. The molecule has 1 aliphatic heterocycles. The highest BCUT2D eigenvalue weighted by Crippen LogP contribution is 2.25. The van der Waals surface area contributed by atoms with Crippen molar-refractivity contribution in [3.05, 3.63) is 60.9 Å². The van der Waals surface area contributed by atoms with E-state index in [4.69, 9.17) is 9.47 Å². The van der Waals surface area contributed by atoms with Crippen LogP contribution in [-0.4, -0.2) is 53.6 Å². The Bertz CT molecular complexity index is 1040. The maximum absolute atomic E-state index is 12.5. The number of anilines is 2. The van der Waals surface area contributed by atoms with Gasteiger partial charge in [-0.15, -0.1) is 0 Å². The summed E-state index contributed by atoms with van der Waals surface area (Å²) in [5, 5.41) is 3.72. The quantitative estimate of drug-likeness (QED) is 0.541. The van der Waals surface area contributed by atoms with Crippen molar-refractivity contribution in [1.29, 1.82) is 0 Å². The number of hydrogen-bond donors (Lipinski definition) is 1. The van der Waals surface area contributed by atoms with Gasteiger partial charge < -0.3 is 19.7 Å². The van der Waals surface area contributed by atoms with Crippen LogP contribution in [0.3, 0.4) is 0 Å². The number of rotatable bonds is 7. The summed E-state index contributed by atoms with van der Waals surface area (Å²) >= 11 is 1.39. The van der Waals surface area contributed by atoms with Crippen LogP contribution in [0, 0.1) is 0 Å². The van der Waals surface area contributed by atoms with Crippen molar-refractivity contribution in [2.75, 3.05) is 36.2 Å². The van der Waals surface area contributed by atoms with E-state index in [0.717, 1.165) is 41.1 Å². The molecule has 3 aromatic rings. The van der Waals surface area contributed by atoms with E-state index in [9.17, 15) is 4.79 Å². The molecule has 7 nitrogen and oxygen atoms in total. The molecule has 0 saturated carbocycles. The minimum atomic E-state index is -0.0726. The topological polar surface area (TPSA) is 68.6 Å². The van der Waals surface area contributed by atoms with Gasteiger partial charge in [0.2, 0.25) is 5.91 Å². The van der Waals surface area contributed by atoms with Gasteiger partial charge in [-0.2, -0.15) is 0 Å². The van der Waals surface area contributed by atoms with Crippen molar-refractivity contribution >= 4 is 29.0 Å². The van der Waals surface area contributed by atoms with Crippen molar-refractivity contribution in [2.24, 2.45) is 0 Å². The van der Waals surface area contributed by atoms with E-state index in [1.54, 1.807) is 13.3 Å². The first kappa shape index (κ1) is 22.2. The third-order valence-electron chi connectivity index (χ3n) is 5.21. The molecule has 0 aliphatic carbocycles. The number of hydrogen-bond acceptors (Lipinski definition) is 6. The van der Waals surface area contributed by atoms with Crippen molar-refractivity contribution in [3.8, 4) is 11.4 Å². The van der Waals surface area contributed by atoms with Crippen LogP contribution >= 0.6 is 11.8 Å². The highest BCUT2D eigenvalue weighted by atomic mass is 32.2. The van der Waals surface area contributed by atoms with Gasteiger partial charge in [0.25, 0.3) is 0 Å². The van der Waals surface area contributed by atoms with E-state index in [0.29, 0.717) is 0 Å². The predicted molar refractivity (Wildman–Crippen MR) is 128 cm³/mol. The van der Waals surface area contributed by atoms with E-state index in [-0.39, 0.29) is 23.9 Å². The summed E-state index contributed by atoms with van der Waals surface area (Å²) in [7, 11) is 1.64. The lowest BCUT2D eigenvalue weighted by Crippen LogP contribution is -2.45. The fourth-order valence-corrected chi connectivity index (χ4v) is 4.60. The Labute approximate surface area is 192 Å². The molecule has 1 N–H and O–H groups in total. The zero-order valence-corrected chi connectivity index (χ0v) is 19.3. The maximum Gasteiger partial charge on any atom is 0.234 e. The molecule has 2 heterocycles. The van der Waals surface area contributed by atoms with Crippen LogP contribution in [0.5, 0.6) is 5.75 Å². The van der Waals surface area contributed by atoms with Crippen molar-refractivity contribution in [1.82, 2.24) is 9.55 Å². The fraction of sp³-hybridized carbons (Fsp3) is 0.333. The number of benzene rings is 2. The first-order valence-corrected chi connectivity index (χ1v) is 11.6. The van der Waals surface area contributed by atoms with Gasteiger partial charge in [-0.05, 0) is 50.2 Å². The molecule has 2 aromatic carbocycles. The molecule has 2 atom stereocenters. The molecule has 8 heteroatoms. The molecule has 168 valence electrons. The number of methoxy groups -OCH3 is 1. The van der Waals surface area contributed by atoms with E-state index in [1.165, 1.54) is 11.8 Å². The number of carbonyl (C=O) groups excluding carboxylic acids is 1. The van der Waals surface area contributed by atoms with Crippen molar-refractivity contribution in [3.63, 3.8) is 0 Å². The Morgan fingerprint density at radius 1 is 1.16 bits per heavy atom. The molecule has 32 heavy (non-hydrogen) atoms. The van der Waals surface area contributed by atoms with Gasteiger partial charge in [0.05, 0.1) is 30.8 Å². The van der Waals surface area contributed by atoms with Crippen LogP contribution in [-0.2, 0) is 9.53 Å². The second kappa shape index (κ2) is 10.1. The molecular weight excluding hydrogens is 424 g/mol. The summed E-state index contributed by atoms with van der Waals surface area (Å²) in [4.78, 5) is 19.2.